The summed E-state index contributed by atoms with van der Waals surface area (Å²) in [5, 5.41) is 11.9. The molecule has 0 spiro atoms. The van der Waals surface area contributed by atoms with Crippen LogP contribution in [0.4, 0.5) is 8.78 Å². The zero-order valence-corrected chi connectivity index (χ0v) is 24.2. The van der Waals surface area contributed by atoms with E-state index in [1.54, 1.807) is 6.92 Å². The molecule has 0 amide bonds. The highest BCUT2D eigenvalue weighted by Gasteiger charge is 2.82. The molecule has 9 unspecified atom stereocenters. The normalized spacial score (nSPS) is 46.7. The highest BCUT2D eigenvalue weighted by Crippen LogP contribution is 2.79. The molecule has 1 saturated heterocycles. The summed E-state index contributed by atoms with van der Waals surface area (Å²) in [7, 11) is 0. The number of allylic oxidation sites excluding steroid dienone is 4. The van der Waals surface area contributed by atoms with Crippen LogP contribution in [-0.2, 0) is 16.1 Å². The molecule has 39 heavy (non-hydrogen) atoms. The first-order valence-electron chi connectivity index (χ1n) is 13.8. The first kappa shape index (κ1) is 27.6. The lowest BCUT2D eigenvalue weighted by atomic mass is 9.39. The predicted molar refractivity (Wildman–Crippen MR) is 150 cm³/mol. The number of thioether (sulfide) groups is 1. The molecule has 210 valence electrons. The first-order valence-corrected chi connectivity index (χ1v) is 15.4. The molecular formula is C31H36ClF2NO3S. The van der Waals surface area contributed by atoms with Crippen LogP contribution in [-0.4, -0.2) is 57.2 Å². The number of carbonyl (C=O) groups excluding carboxylic acids is 2. The number of carbonyl (C=O) groups is 2. The summed E-state index contributed by atoms with van der Waals surface area (Å²) in [6, 6.07) is 10.1. The van der Waals surface area contributed by atoms with E-state index in [1.807, 2.05) is 32.0 Å². The van der Waals surface area contributed by atoms with E-state index in [-0.39, 0.29) is 40.4 Å². The van der Waals surface area contributed by atoms with Crippen LogP contribution in [0.3, 0.4) is 0 Å². The minimum absolute atomic E-state index is 0.00888. The molecule has 5 aliphatic rings. The largest absolute Gasteiger partial charge is 0.390 e. The number of alkyl halides is 3. The van der Waals surface area contributed by atoms with Crippen LogP contribution in [0.5, 0.6) is 0 Å². The van der Waals surface area contributed by atoms with Crippen LogP contribution >= 0.6 is 23.4 Å². The molecule has 4 fully saturated rings. The lowest BCUT2D eigenvalue weighted by Crippen LogP contribution is -2.72. The van der Waals surface area contributed by atoms with Gasteiger partial charge in [0.15, 0.2) is 16.6 Å². The molecule has 0 aromatic heterocycles. The van der Waals surface area contributed by atoms with Gasteiger partial charge in [0.2, 0.25) is 0 Å². The van der Waals surface area contributed by atoms with Gasteiger partial charge in [0.1, 0.15) is 6.17 Å². The van der Waals surface area contributed by atoms with Crippen molar-refractivity contribution in [3.8, 4) is 0 Å². The summed E-state index contributed by atoms with van der Waals surface area (Å²) >= 11 is 7.20. The molecule has 0 radical (unpaired) electrons. The summed E-state index contributed by atoms with van der Waals surface area (Å²) in [5.74, 6) is -1.25. The van der Waals surface area contributed by atoms with E-state index in [1.165, 1.54) is 18.2 Å². The standard InChI is InChI=1S/C31H36ClF2NO3S/c1-27-10-9-21(36)11-22(27)23(33)12-24-28(2)13-20-16-35(15-19-7-5-4-6-8-19)17-30(20,26(38)39-18-32)29(28,3)14-25(37)31(24,27)34/h4-11,20,23-25,37H,12-18H2,1-3H3. The Bertz CT molecular complexity index is 1280. The van der Waals surface area contributed by atoms with E-state index in [4.69, 9.17) is 11.6 Å². The summed E-state index contributed by atoms with van der Waals surface area (Å²) in [4.78, 5) is 28.6. The molecule has 1 aromatic carbocycles. The van der Waals surface area contributed by atoms with Gasteiger partial charge in [-0.15, -0.1) is 11.6 Å². The number of nitrogens with zero attached hydrogens (tertiary/aromatic N) is 1. The Morgan fingerprint density at radius 2 is 1.92 bits per heavy atom. The van der Waals surface area contributed by atoms with Gasteiger partial charge in [-0.2, -0.15) is 0 Å². The summed E-state index contributed by atoms with van der Waals surface area (Å²) < 4.78 is 33.7. The third kappa shape index (κ3) is 3.36. The van der Waals surface area contributed by atoms with E-state index < -0.39 is 45.5 Å². The van der Waals surface area contributed by atoms with E-state index >= 15 is 8.78 Å². The summed E-state index contributed by atoms with van der Waals surface area (Å²) in [6.45, 7) is 7.55. The smallest absolute Gasteiger partial charge is 0.198 e. The molecule has 1 aromatic rings. The van der Waals surface area contributed by atoms with Crippen molar-refractivity contribution in [2.24, 2.45) is 33.5 Å². The second kappa shape index (κ2) is 8.98. The van der Waals surface area contributed by atoms with Gasteiger partial charge >= 0.3 is 0 Å². The Kier molecular flexibility index (Phi) is 6.36. The molecule has 4 nitrogen and oxygen atoms in total. The van der Waals surface area contributed by atoms with E-state index in [0.29, 0.717) is 26.1 Å². The average Bonchev–Trinajstić information content (AvgIpc) is 3.33. The molecule has 1 heterocycles. The first-order chi connectivity index (χ1) is 18.4. The minimum Gasteiger partial charge on any atom is -0.390 e. The number of aliphatic hydroxyl groups excluding tert-OH is 1. The zero-order chi connectivity index (χ0) is 28.0. The van der Waals surface area contributed by atoms with Crippen molar-refractivity contribution in [2.75, 3.05) is 18.3 Å². The number of likely N-dealkylation sites (tertiary alicyclic amines) is 1. The van der Waals surface area contributed by atoms with Crippen molar-refractivity contribution in [2.45, 2.75) is 64.5 Å². The van der Waals surface area contributed by atoms with Crippen LogP contribution in [0.25, 0.3) is 0 Å². The van der Waals surface area contributed by atoms with E-state index in [9.17, 15) is 14.7 Å². The molecule has 1 N–H and O–H groups in total. The lowest BCUT2D eigenvalue weighted by molar-refractivity contribution is -0.241. The summed E-state index contributed by atoms with van der Waals surface area (Å²) in [6.07, 6.45) is 1.61. The minimum atomic E-state index is -2.17. The number of halogens is 3. The molecule has 8 heteroatoms. The molecule has 4 aliphatic carbocycles. The van der Waals surface area contributed by atoms with Gasteiger partial charge in [-0.3, -0.25) is 14.5 Å². The van der Waals surface area contributed by atoms with Gasteiger partial charge < -0.3 is 5.11 Å². The maximum atomic E-state index is 17.8. The van der Waals surface area contributed by atoms with Crippen LogP contribution in [0.1, 0.15) is 45.6 Å². The number of benzene rings is 1. The van der Waals surface area contributed by atoms with Gasteiger partial charge in [0, 0.05) is 31.0 Å². The number of rotatable bonds is 4. The molecule has 1 aliphatic heterocycles. The van der Waals surface area contributed by atoms with Gasteiger partial charge in [-0.25, -0.2) is 8.78 Å². The topological polar surface area (TPSA) is 57.6 Å². The Balaban J connectivity index is 1.45. The Morgan fingerprint density at radius 1 is 1.21 bits per heavy atom. The van der Waals surface area contributed by atoms with Crippen molar-refractivity contribution in [3.05, 3.63) is 59.7 Å². The van der Waals surface area contributed by atoms with Crippen molar-refractivity contribution in [3.63, 3.8) is 0 Å². The number of hydrogen-bond acceptors (Lipinski definition) is 5. The van der Waals surface area contributed by atoms with Crippen LogP contribution < -0.4 is 0 Å². The van der Waals surface area contributed by atoms with Crippen LogP contribution in [0.15, 0.2) is 54.1 Å². The number of fused-ring (bicyclic) bond motifs is 7. The van der Waals surface area contributed by atoms with Gasteiger partial charge in [-0.1, -0.05) is 62.0 Å². The second-order valence-electron chi connectivity index (χ2n) is 13.1. The third-order valence-electron chi connectivity index (χ3n) is 11.8. The highest BCUT2D eigenvalue weighted by atomic mass is 35.5. The SMILES string of the molecule is CC12C=CC(=O)C=C1C(F)CC1C3(C)CC4CN(Cc5ccccc5)CC4(C(=O)SCCl)C3(C)CC(O)C12F. The van der Waals surface area contributed by atoms with Crippen molar-refractivity contribution < 1.29 is 23.5 Å². The fourth-order valence-corrected chi connectivity index (χ4v) is 10.9. The number of ketones is 1. The number of aliphatic hydroxyl groups is 1. The van der Waals surface area contributed by atoms with Gasteiger partial charge in [-0.05, 0) is 66.2 Å². The second-order valence-corrected chi connectivity index (χ2v) is 14.6. The fourth-order valence-electron chi connectivity index (χ4n) is 9.83. The maximum absolute atomic E-state index is 17.8. The fraction of sp³-hybridized carbons (Fsp3) is 0.613. The molecule has 3 saturated carbocycles. The lowest BCUT2D eigenvalue weighted by Gasteiger charge is -2.67. The van der Waals surface area contributed by atoms with E-state index in [0.717, 1.165) is 17.3 Å². The molecule has 0 bridgehead atoms. The van der Waals surface area contributed by atoms with Crippen molar-refractivity contribution in [1.29, 1.82) is 0 Å². The average molecular weight is 576 g/mol. The molecule has 6 rings (SSSR count). The van der Waals surface area contributed by atoms with E-state index in [2.05, 4.69) is 17.0 Å². The Labute approximate surface area is 238 Å². The maximum Gasteiger partial charge on any atom is 0.198 e. The quantitative estimate of drug-likeness (QED) is 0.454. The Morgan fingerprint density at radius 3 is 2.62 bits per heavy atom. The zero-order valence-electron chi connectivity index (χ0n) is 22.6. The van der Waals surface area contributed by atoms with Gasteiger partial charge in [0.05, 0.1) is 16.7 Å². The predicted octanol–water partition coefficient (Wildman–Crippen LogP) is 5.88. The van der Waals surface area contributed by atoms with Crippen molar-refractivity contribution in [1.82, 2.24) is 4.90 Å². The third-order valence-corrected chi connectivity index (χ3v) is 12.8. The summed E-state index contributed by atoms with van der Waals surface area (Å²) in [5.41, 5.74) is -4.71. The molecular weight excluding hydrogens is 540 g/mol. The van der Waals surface area contributed by atoms with Crippen LogP contribution in [0.2, 0.25) is 0 Å². The molecule has 9 atom stereocenters. The van der Waals surface area contributed by atoms with Crippen molar-refractivity contribution >= 4 is 34.3 Å². The highest BCUT2D eigenvalue weighted by molar-refractivity contribution is 8.14. The number of hydrogen-bond donors (Lipinski definition) is 1. The van der Waals surface area contributed by atoms with Gasteiger partial charge in [0.25, 0.3) is 0 Å². The monoisotopic (exact) mass is 575 g/mol. The Hall–Kier alpha value is -1.54. The van der Waals surface area contributed by atoms with Crippen LogP contribution in [0, 0.1) is 33.5 Å².